The molecule has 0 aliphatic carbocycles. The molecular formula is C66H44N2O. The second kappa shape index (κ2) is 16.9. The molecule has 69 heavy (non-hydrogen) atoms. The van der Waals surface area contributed by atoms with Crippen LogP contribution in [0.1, 0.15) is 0 Å². The first kappa shape index (κ1) is 40.1. The SMILES string of the molecule is c1ccc(-c2ccc(N(c3ccc(-c4ccc(-c5cccc(-n6c7ccccc7c7ccccc76)c5)cc4)cc3)c3cccc(-c4ccc5c(oc6ccccc65)c4-c4ccccc4)c3)cc2)cc1. The first-order valence-electron chi connectivity index (χ1n) is 23.6. The zero-order valence-corrected chi connectivity index (χ0v) is 37.7. The van der Waals surface area contributed by atoms with Crippen LogP contribution >= 0.6 is 0 Å². The summed E-state index contributed by atoms with van der Waals surface area (Å²) in [6, 6.07) is 95.9. The fraction of sp³-hybridized carbons (Fsp3) is 0. The lowest BCUT2D eigenvalue weighted by Gasteiger charge is -2.26. The van der Waals surface area contributed by atoms with Gasteiger partial charge in [-0.15, -0.1) is 0 Å². The molecule has 0 saturated carbocycles. The zero-order chi connectivity index (χ0) is 45.7. The molecule has 0 saturated heterocycles. The number of benzene rings is 11. The number of aromatic nitrogens is 1. The third-order valence-electron chi connectivity index (χ3n) is 13.6. The number of rotatable bonds is 9. The Labute approximate surface area is 401 Å². The molecule has 13 aromatic rings. The number of anilines is 3. The number of hydrogen-bond acceptors (Lipinski definition) is 2. The smallest absolute Gasteiger partial charge is 0.143 e. The molecule has 0 fully saturated rings. The molecule has 324 valence electrons. The van der Waals surface area contributed by atoms with Gasteiger partial charge in [-0.05, 0) is 123 Å². The van der Waals surface area contributed by atoms with E-state index in [0.29, 0.717) is 0 Å². The summed E-state index contributed by atoms with van der Waals surface area (Å²) in [6.07, 6.45) is 0. The summed E-state index contributed by atoms with van der Waals surface area (Å²) in [5.74, 6) is 0. The van der Waals surface area contributed by atoms with Crippen LogP contribution in [0, 0.1) is 0 Å². The Morgan fingerprint density at radius 3 is 1.41 bits per heavy atom. The molecule has 0 amide bonds. The third-order valence-corrected chi connectivity index (χ3v) is 13.6. The van der Waals surface area contributed by atoms with Gasteiger partial charge in [-0.25, -0.2) is 0 Å². The molecule has 0 radical (unpaired) electrons. The topological polar surface area (TPSA) is 21.3 Å². The predicted octanol–water partition coefficient (Wildman–Crippen LogP) is 18.5. The Morgan fingerprint density at radius 2 is 0.768 bits per heavy atom. The first-order chi connectivity index (χ1) is 34.2. The van der Waals surface area contributed by atoms with Crippen LogP contribution in [-0.4, -0.2) is 4.57 Å². The summed E-state index contributed by atoms with van der Waals surface area (Å²) in [6.45, 7) is 0. The second-order valence-electron chi connectivity index (χ2n) is 17.7. The van der Waals surface area contributed by atoms with E-state index in [9.17, 15) is 0 Å². The Balaban J connectivity index is 0.862. The van der Waals surface area contributed by atoms with Gasteiger partial charge in [-0.2, -0.15) is 0 Å². The molecule has 11 aromatic carbocycles. The van der Waals surface area contributed by atoms with Gasteiger partial charge in [0.2, 0.25) is 0 Å². The van der Waals surface area contributed by atoms with E-state index in [1.165, 1.54) is 49.6 Å². The van der Waals surface area contributed by atoms with Crippen molar-refractivity contribution in [3.05, 3.63) is 267 Å². The van der Waals surface area contributed by atoms with E-state index in [0.717, 1.165) is 72.5 Å². The molecule has 0 aliphatic rings. The van der Waals surface area contributed by atoms with Gasteiger partial charge >= 0.3 is 0 Å². The fourth-order valence-electron chi connectivity index (χ4n) is 10.3. The van der Waals surface area contributed by atoms with Crippen LogP contribution in [0.25, 0.3) is 105 Å². The van der Waals surface area contributed by atoms with Gasteiger partial charge in [-0.1, -0.05) is 194 Å². The summed E-state index contributed by atoms with van der Waals surface area (Å²) in [5, 5.41) is 4.77. The van der Waals surface area contributed by atoms with Gasteiger partial charge in [0.25, 0.3) is 0 Å². The highest BCUT2D eigenvalue weighted by atomic mass is 16.3. The Hall–Kier alpha value is -9.18. The number of nitrogens with zero attached hydrogens (tertiary/aromatic N) is 2. The van der Waals surface area contributed by atoms with E-state index < -0.39 is 0 Å². The van der Waals surface area contributed by atoms with Crippen LogP contribution in [0.3, 0.4) is 0 Å². The minimum absolute atomic E-state index is 0.890. The molecule has 3 nitrogen and oxygen atoms in total. The molecule has 2 aromatic heterocycles. The minimum atomic E-state index is 0.890. The van der Waals surface area contributed by atoms with Crippen LogP contribution < -0.4 is 4.90 Å². The van der Waals surface area contributed by atoms with E-state index >= 15 is 0 Å². The van der Waals surface area contributed by atoms with Crippen molar-refractivity contribution >= 4 is 60.8 Å². The van der Waals surface area contributed by atoms with Crippen molar-refractivity contribution in [1.29, 1.82) is 0 Å². The van der Waals surface area contributed by atoms with Crippen molar-refractivity contribution < 1.29 is 4.42 Å². The molecule has 0 aliphatic heterocycles. The van der Waals surface area contributed by atoms with E-state index in [4.69, 9.17) is 4.42 Å². The van der Waals surface area contributed by atoms with Crippen molar-refractivity contribution in [2.45, 2.75) is 0 Å². The summed E-state index contributed by atoms with van der Waals surface area (Å²) < 4.78 is 9.05. The number of hydrogen-bond donors (Lipinski definition) is 0. The van der Waals surface area contributed by atoms with Gasteiger partial charge in [0.05, 0.1) is 11.0 Å². The molecule has 0 spiro atoms. The van der Waals surface area contributed by atoms with E-state index in [-0.39, 0.29) is 0 Å². The van der Waals surface area contributed by atoms with Gasteiger partial charge in [0.15, 0.2) is 0 Å². The van der Waals surface area contributed by atoms with Gasteiger partial charge in [0.1, 0.15) is 11.2 Å². The lowest BCUT2D eigenvalue weighted by atomic mass is 9.92. The fourth-order valence-corrected chi connectivity index (χ4v) is 10.3. The molecule has 2 heterocycles. The van der Waals surface area contributed by atoms with Crippen molar-refractivity contribution in [3.63, 3.8) is 0 Å². The Morgan fingerprint density at radius 1 is 0.290 bits per heavy atom. The summed E-state index contributed by atoms with van der Waals surface area (Å²) in [5.41, 5.74) is 20.0. The maximum atomic E-state index is 6.67. The average molecular weight is 881 g/mol. The van der Waals surface area contributed by atoms with E-state index in [2.05, 4.69) is 270 Å². The molecule has 0 N–H and O–H groups in total. The first-order valence-corrected chi connectivity index (χ1v) is 23.6. The third kappa shape index (κ3) is 7.16. The highest BCUT2D eigenvalue weighted by Gasteiger charge is 2.20. The van der Waals surface area contributed by atoms with E-state index in [1.807, 2.05) is 6.07 Å². The summed E-state index contributed by atoms with van der Waals surface area (Å²) in [7, 11) is 0. The largest absolute Gasteiger partial charge is 0.455 e. The van der Waals surface area contributed by atoms with Crippen LogP contribution in [0.4, 0.5) is 17.1 Å². The molecular weight excluding hydrogens is 837 g/mol. The normalized spacial score (nSPS) is 11.5. The van der Waals surface area contributed by atoms with Crippen molar-refractivity contribution in [1.82, 2.24) is 4.57 Å². The highest BCUT2D eigenvalue weighted by molar-refractivity contribution is 6.13. The Kier molecular flexibility index (Phi) is 9.84. The van der Waals surface area contributed by atoms with Gasteiger partial charge in [0, 0.05) is 49.9 Å². The summed E-state index contributed by atoms with van der Waals surface area (Å²) in [4.78, 5) is 2.36. The molecule has 0 unspecified atom stereocenters. The standard InChI is InChI=1S/C66H44N2O/c1-3-15-45(16-4-1)47-33-37-53(38-34-47)67(55-21-14-20-52(44-55)57-41-42-61-60-25-9-12-28-64(60)69-66(61)65(57)50-17-5-2-6-18-50)54-39-35-48(36-40-54)46-29-31-49(32-30-46)51-19-13-22-56(43-51)68-62-26-10-7-23-58(62)59-24-8-11-27-63(59)68/h1-44H. The monoisotopic (exact) mass is 880 g/mol. The quantitative estimate of drug-likeness (QED) is 0.144. The average Bonchev–Trinajstić information content (AvgIpc) is 3.98. The van der Waals surface area contributed by atoms with Crippen LogP contribution in [0.15, 0.2) is 271 Å². The number of furan rings is 1. The molecule has 13 rings (SSSR count). The summed E-state index contributed by atoms with van der Waals surface area (Å²) >= 11 is 0. The van der Waals surface area contributed by atoms with Crippen LogP contribution in [-0.2, 0) is 0 Å². The second-order valence-corrected chi connectivity index (χ2v) is 17.7. The molecule has 0 atom stereocenters. The van der Waals surface area contributed by atoms with Gasteiger partial charge in [-0.3, -0.25) is 0 Å². The Bertz CT molecular complexity index is 3930. The number of para-hydroxylation sites is 3. The van der Waals surface area contributed by atoms with Crippen molar-refractivity contribution in [2.24, 2.45) is 0 Å². The minimum Gasteiger partial charge on any atom is -0.455 e. The maximum absolute atomic E-state index is 6.67. The highest BCUT2D eigenvalue weighted by Crippen LogP contribution is 2.45. The predicted molar refractivity (Wildman–Crippen MR) is 290 cm³/mol. The lowest BCUT2D eigenvalue weighted by Crippen LogP contribution is -2.10. The van der Waals surface area contributed by atoms with Crippen LogP contribution in [0.5, 0.6) is 0 Å². The molecule has 0 bridgehead atoms. The van der Waals surface area contributed by atoms with Crippen molar-refractivity contribution in [2.75, 3.05) is 4.90 Å². The number of fused-ring (bicyclic) bond motifs is 6. The molecule has 3 heteroatoms. The maximum Gasteiger partial charge on any atom is 0.143 e. The van der Waals surface area contributed by atoms with Crippen molar-refractivity contribution in [3.8, 4) is 61.3 Å². The lowest BCUT2D eigenvalue weighted by molar-refractivity contribution is 0.670. The van der Waals surface area contributed by atoms with Crippen LogP contribution in [0.2, 0.25) is 0 Å². The van der Waals surface area contributed by atoms with E-state index in [1.54, 1.807) is 0 Å². The van der Waals surface area contributed by atoms with Gasteiger partial charge < -0.3 is 13.9 Å². The zero-order valence-electron chi connectivity index (χ0n) is 37.7.